The van der Waals surface area contributed by atoms with Crippen LogP contribution in [0, 0.1) is 0 Å². The Kier molecular flexibility index (Phi) is 6.89. The lowest BCUT2D eigenvalue weighted by atomic mass is 9.94. The molecule has 1 saturated heterocycles. The molecule has 2 N–H and O–H groups in total. The molecular formula is C15H23ClN2O. The fourth-order valence-electron chi connectivity index (χ4n) is 2.53. The second kappa shape index (κ2) is 8.18. The van der Waals surface area contributed by atoms with Crippen LogP contribution in [0.15, 0.2) is 30.3 Å². The zero-order valence-corrected chi connectivity index (χ0v) is 12.2. The summed E-state index contributed by atoms with van der Waals surface area (Å²) >= 11 is 0. The number of hydrogen-bond acceptors (Lipinski definition) is 2. The molecule has 2 rings (SSSR count). The van der Waals surface area contributed by atoms with Crippen LogP contribution >= 0.6 is 12.4 Å². The molecule has 1 unspecified atom stereocenters. The van der Waals surface area contributed by atoms with Gasteiger partial charge in [-0.15, -0.1) is 12.4 Å². The fraction of sp³-hybridized carbons (Fsp3) is 0.533. The number of halogens is 1. The van der Waals surface area contributed by atoms with Gasteiger partial charge in [0.25, 0.3) is 0 Å². The first kappa shape index (κ1) is 16.0. The van der Waals surface area contributed by atoms with E-state index in [0.717, 1.165) is 37.9 Å². The summed E-state index contributed by atoms with van der Waals surface area (Å²) in [5, 5.41) is 6.50. The van der Waals surface area contributed by atoms with Gasteiger partial charge in [-0.2, -0.15) is 0 Å². The Balaban J connectivity index is 0.00000180. The molecule has 4 heteroatoms. The monoisotopic (exact) mass is 282 g/mol. The van der Waals surface area contributed by atoms with E-state index >= 15 is 0 Å². The van der Waals surface area contributed by atoms with Gasteiger partial charge in [0.15, 0.2) is 0 Å². The van der Waals surface area contributed by atoms with Crippen molar-refractivity contribution >= 4 is 18.3 Å². The third kappa shape index (κ3) is 4.51. The maximum atomic E-state index is 12.3. The highest BCUT2D eigenvalue weighted by Crippen LogP contribution is 2.20. The molecule has 1 atom stereocenters. The van der Waals surface area contributed by atoms with Crippen LogP contribution in [0.4, 0.5) is 0 Å². The summed E-state index contributed by atoms with van der Waals surface area (Å²) in [6.07, 6.45) is 2.93. The van der Waals surface area contributed by atoms with Gasteiger partial charge in [-0.3, -0.25) is 4.79 Å². The summed E-state index contributed by atoms with van der Waals surface area (Å²) in [6, 6.07) is 10.4. The third-order valence-corrected chi connectivity index (χ3v) is 3.61. The number of benzene rings is 1. The van der Waals surface area contributed by atoms with Crippen molar-refractivity contribution in [2.24, 2.45) is 0 Å². The quantitative estimate of drug-likeness (QED) is 0.891. The molecule has 0 spiro atoms. The summed E-state index contributed by atoms with van der Waals surface area (Å²) in [5.74, 6) is 0.164. The van der Waals surface area contributed by atoms with Crippen LogP contribution in [-0.4, -0.2) is 25.0 Å². The second-order valence-corrected chi connectivity index (χ2v) is 4.90. The molecule has 1 aromatic rings. The number of rotatable bonds is 4. The van der Waals surface area contributed by atoms with E-state index in [4.69, 9.17) is 0 Å². The highest BCUT2D eigenvalue weighted by atomic mass is 35.5. The van der Waals surface area contributed by atoms with E-state index in [-0.39, 0.29) is 24.2 Å². The molecular weight excluding hydrogens is 260 g/mol. The number of amides is 1. The van der Waals surface area contributed by atoms with E-state index in [1.807, 2.05) is 30.3 Å². The first-order valence-electron chi connectivity index (χ1n) is 6.87. The molecule has 1 fully saturated rings. The lowest BCUT2D eigenvalue weighted by Crippen LogP contribution is -2.44. The molecule has 0 radical (unpaired) electrons. The van der Waals surface area contributed by atoms with Crippen molar-refractivity contribution in [2.45, 2.75) is 38.1 Å². The molecule has 0 aliphatic carbocycles. The highest BCUT2D eigenvalue weighted by molar-refractivity contribution is 5.85. The molecule has 3 nitrogen and oxygen atoms in total. The van der Waals surface area contributed by atoms with Gasteiger partial charge in [0.05, 0.1) is 5.92 Å². The number of piperidine rings is 1. The van der Waals surface area contributed by atoms with Crippen LogP contribution in [0.25, 0.3) is 0 Å². The lowest BCUT2D eigenvalue weighted by molar-refractivity contribution is -0.123. The van der Waals surface area contributed by atoms with Gasteiger partial charge in [0.2, 0.25) is 5.91 Å². The maximum Gasteiger partial charge on any atom is 0.227 e. The largest absolute Gasteiger partial charge is 0.353 e. The van der Waals surface area contributed by atoms with Crippen molar-refractivity contribution in [1.29, 1.82) is 0 Å². The number of carbonyl (C=O) groups excluding carboxylic acids is 1. The van der Waals surface area contributed by atoms with Crippen LogP contribution in [0.5, 0.6) is 0 Å². The van der Waals surface area contributed by atoms with E-state index in [2.05, 4.69) is 17.6 Å². The Morgan fingerprint density at radius 1 is 1.32 bits per heavy atom. The number of carbonyl (C=O) groups is 1. The Labute approximate surface area is 121 Å². The van der Waals surface area contributed by atoms with E-state index in [0.29, 0.717) is 6.04 Å². The molecule has 1 amide bonds. The van der Waals surface area contributed by atoms with Crippen LogP contribution < -0.4 is 10.6 Å². The summed E-state index contributed by atoms with van der Waals surface area (Å²) in [4.78, 5) is 12.3. The average Bonchev–Trinajstić information content (AvgIpc) is 2.42. The van der Waals surface area contributed by atoms with Gasteiger partial charge < -0.3 is 10.6 Å². The minimum absolute atomic E-state index is 0. The maximum absolute atomic E-state index is 12.3. The Hall–Kier alpha value is -1.06. The highest BCUT2D eigenvalue weighted by Gasteiger charge is 2.22. The van der Waals surface area contributed by atoms with Crippen molar-refractivity contribution in [3.63, 3.8) is 0 Å². The Morgan fingerprint density at radius 3 is 2.53 bits per heavy atom. The number of hydrogen-bond donors (Lipinski definition) is 2. The van der Waals surface area contributed by atoms with Crippen LogP contribution in [0.1, 0.15) is 37.7 Å². The predicted molar refractivity (Wildman–Crippen MR) is 80.8 cm³/mol. The van der Waals surface area contributed by atoms with Crippen molar-refractivity contribution < 1.29 is 4.79 Å². The molecule has 1 aromatic carbocycles. The summed E-state index contributed by atoms with van der Waals surface area (Å²) in [6.45, 7) is 4.08. The van der Waals surface area contributed by atoms with Gasteiger partial charge in [0, 0.05) is 6.04 Å². The van der Waals surface area contributed by atoms with Crippen LogP contribution in [-0.2, 0) is 4.79 Å². The van der Waals surface area contributed by atoms with E-state index in [9.17, 15) is 4.79 Å². The van der Waals surface area contributed by atoms with Crippen LogP contribution in [0.2, 0.25) is 0 Å². The van der Waals surface area contributed by atoms with E-state index in [1.165, 1.54) is 0 Å². The minimum atomic E-state index is -0.0129. The Morgan fingerprint density at radius 2 is 1.95 bits per heavy atom. The lowest BCUT2D eigenvalue weighted by Gasteiger charge is -2.26. The molecule has 0 aromatic heterocycles. The summed E-state index contributed by atoms with van der Waals surface area (Å²) < 4.78 is 0. The van der Waals surface area contributed by atoms with Crippen LogP contribution in [0.3, 0.4) is 0 Å². The van der Waals surface area contributed by atoms with Gasteiger partial charge in [-0.1, -0.05) is 37.3 Å². The third-order valence-electron chi connectivity index (χ3n) is 3.61. The van der Waals surface area contributed by atoms with Gasteiger partial charge in [0.1, 0.15) is 0 Å². The second-order valence-electron chi connectivity index (χ2n) is 4.90. The summed E-state index contributed by atoms with van der Waals surface area (Å²) in [5.41, 5.74) is 1.12. The average molecular weight is 283 g/mol. The molecule has 1 aliphatic heterocycles. The normalized spacial score (nSPS) is 17.3. The topological polar surface area (TPSA) is 41.1 Å². The van der Waals surface area contributed by atoms with Gasteiger partial charge in [-0.05, 0) is 37.9 Å². The van der Waals surface area contributed by atoms with Crippen molar-refractivity contribution in [1.82, 2.24) is 10.6 Å². The zero-order chi connectivity index (χ0) is 12.8. The summed E-state index contributed by atoms with van der Waals surface area (Å²) in [7, 11) is 0. The fourth-order valence-corrected chi connectivity index (χ4v) is 2.53. The predicted octanol–water partition coefficient (Wildman–Crippen LogP) is 2.47. The first-order chi connectivity index (χ1) is 8.81. The van der Waals surface area contributed by atoms with Gasteiger partial charge >= 0.3 is 0 Å². The molecule has 0 saturated carbocycles. The molecule has 19 heavy (non-hydrogen) atoms. The minimum Gasteiger partial charge on any atom is -0.353 e. The smallest absolute Gasteiger partial charge is 0.227 e. The van der Waals surface area contributed by atoms with Crippen molar-refractivity contribution in [3.05, 3.63) is 35.9 Å². The zero-order valence-electron chi connectivity index (χ0n) is 11.4. The molecule has 1 aliphatic rings. The molecule has 106 valence electrons. The SMILES string of the molecule is CCC(C(=O)NC1CCNCC1)c1ccccc1.Cl. The van der Waals surface area contributed by atoms with Gasteiger partial charge in [-0.25, -0.2) is 0 Å². The Bertz CT molecular complexity index is 377. The standard InChI is InChI=1S/C15H22N2O.ClH/c1-2-14(12-6-4-3-5-7-12)15(18)17-13-8-10-16-11-9-13;/h3-7,13-14,16H,2,8-11H2,1H3,(H,17,18);1H. The molecule has 0 bridgehead atoms. The van der Waals surface area contributed by atoms with Crippen molar-refractivity contribution in [2.75, 3.05) is 13.1 Å². The van der Waals surface area contributed by atoms with E-state index in [1.54, 1.807) is 0 Å². The van der Waals surface area contributed by atoms with Crippen molar-refractivity contribution in [3.8, 4) is 0 Å². The molecule has 1 heterocycles. The van der Waals surface area contributed by atoms with E-state index < -0.39 is 0 Å². The number of nitrogens with one attached hydrogen (secondary N) is 2. The first-order valence-corrected chi connectivity index (χ1v) is 6.87.